The first kappa shape index (κ1) is 26.0. The molecular weight excluding hydrogens is 468 g/mol. The van der Waals surface area contributed by atoms with E-state index >= 15 is 0 Å². The molecule has 6 nitrogen and oxygen atoms in total. The predicted octanol–water partition coefficient (Wildman–Crippen LogP) is 7.61. The molecule has 0 unspecified atom stereocenters. The number of nitrogens with zero attached hydrogens (tertiary/aromatic N) is 2. The third-order valence-electron chi connectivity index (χ3n) is 5.77. The van der Waals surface area contributed by atoms with Crippen LogP contribution in [0.2, 0.25) is 0 Å². The van der Waals surface area contributed by atoms with Gasteiger partial charge in [-0.15, -0.1) is 11.8 Å². The van der Waals surface area contributed by atoms with Gasteiger partial charge >= 0.3 is 0 Å². The Kier molecular flexibility index (Phi) is 9.77. The number of hydrogen-bond acceptors (Lipinski definition) is 5. The molecule has 0 aliphatic rings. The van der Waals surface area contributed by atoms with Crippen molar-refractivity contribution in [3.8, 4) is 0 Å². The molecule has 1 heterocycles. The number of nitro groups is 1. The highest BCUT2D eigenvalue weighted by molar-refractivity contribution is 7.99. The van der Waals surface area contributed by atoms with Crippen molar-refractivity contribution in [3.63, 3.8) is 0 Å². The smallest absolute Gasteiger partial charge is 0.258 e. The zero-order valence-corrected chi connectivity index (χ0v) is 21.1. The molecule has 3 aromatic rings. The molecule has 0 N–H and O–H groups in total. The van der Waals surface area contributed by atoms with E-state index in [1.807, 2.05) is 36.4 Å². The molecule has 0 radical (unpaired) electrons. The molecule has 8 heteroatoms. The minimum atomic E-state index is -3.87. The molecule has 0 saturated heterocycles. The fraction of sp³-hybridized carbons (Fsp3) is 0.385. The Labute approximate surface area is 206 Å². The molecule has 0 amide bonds. The Morgan fingerprint density at radius 3 is 2.18 bits per heavy atom. The molecule has 1 atom stereocenters. The number of unbranched alkanes of at least 4 members (excludes halogenated alkanes) is 6. The number of aromatic nitrogens is 1. The van der Waals surface area contributed by atoms with Crippen molar-refractivity contribution in [1.82, 2.24) is 3.97 Å². The fourth-order valence-electron chi connectivity index (χ4n) is 3.92. The van der Waals surface area contributed by atoms with Gasteiger partial charge in [-0.05, 0) is 42.8 Å². The van der Waals surface area contributed by atoms with E-state index in [-0.39, 0.29) is 15.8 Å². The van der Waals surface area contributed by atoms with E-state index in [2.05, 4.69) is 6.92 Å². The SMILES string of the molecule is CCCCCCCCC[C@@H](Sc1ccccc1)c1cccn1S(=O)(=O)c1ccc([N+](=O)[O-])cc1. The first-order valence-electron chi connectivity index (χ1n) is 11.8. The molecule has 0 fully saturated rings. The van der Waals surface area contributed by atoms with Crippen molar-refractivity contribution in [3.05, 3.63) is 88.7 Å². The van der Waals surface area contributed by atoms with Crippen molar-refractivity contribution in [1.29, 1.82) is 0 Å². The van der Waals surface area contributed by atoms with Crippen LogP contribution in [0.4, 0.5) is 5.69 Å². The number of nitro benzene ring substituents is 1. The fourth-order valence-corrected chi connectivity index (χ4v) is 6.63. The van der Waals surface area contributed by atoms with Crippen LogP contribution in [0.15, 0.2) is 82.7 Å². The lowest BCUT2D eigenvalue weighted by molar-refractivity contribution is -0.384. The maximum Gasteiger partial charge on any atom is 0.269 e. The van der Waals surface area contributed by atoms with Crippen LogP contribution in [-0.2, 0) is 10.0 Å². The van der Waals surface area contributed by atoms with Gasteiger partial charge in [-0.3, -0.25) is 10.1 Å². The van der Waals surface area contributed by atoms with Gasteiger partial charge in [0.05, 0.1) is 15.1 Å². The third kappa shape index (κ3) is 6.96. The molecule has 0 aliphatic heterocycles. The second kappa shape index (κ2) is 12.8. The molecule has 0 aliphatic carbocycles. The van der Waals surface area contributed by atoms with Crippen LogP contribution in [0, 0.1) is 10.1 Å². The van der Waals surface area contributed by atoms with Gasteiger partial charge in [0.1, 0.15) is 0 Å². The van der Waals surface area contributed by atoms with E-state index in [9.17, 15) is 18.5 Å². The van der Waals surface area contributed by atoms with E-state index in [1.54, 1.807) is 24.0 Å². The van der Waals surface area contributed by atoms with Crippen LogP contribution in [0.3, 0.4) is 0 Å². The number of rotatable bonds is 14. The van der Waals surface area contributed by atoms with Crippen LogP contribution in [0.5, 0.6) is 0 Å². The molecule has 34 heavy (non-hydrogen) atoms. The van der Waals surface area contributed by atoms with Gasteiger partial charge in [0.25, 0.3) is 15.7 Å². The van der Waals surface area contributed by atoms with E-state index in [0.717, 1.165) is 29.9 Å². The van der Waals surface area contributed by atoms with E-state index < -0.39 is 14.9 Å². The summed E-state index contributed by atoms with van der Waals surface area (Å²) in [4.78, 5) is 11.5. The van der Waals surface area contributed by atoms with Crippen molar-refractivity contribution < 1.29 is 13.3 Å². The van der Waals surface area contributed by atoms with Crippen molar-refractivity contribution in [2.45, 2.75) is 73.3 Å². The first-order chi connectivity index (χ1) is 16.4. The summed E-state index contributed by atoms with van der Waals surface area (Å²) in [7, 11) is -3.87. The maximum atomic E-state index is 13.4. The largest absolute Gasteiger partial charge is 0.269 e. The van der Waals surface area contributed by atoms with Crippen LogP contribution in [-0.4, -0.2) is 17.3 Å². The molecule has 1 aromatic heterocycles. The lowest BCUT2D eigenvalue weighted by Gasteiger charge is -2.20. The highest BCUT2D eigenvalue weighted by Crippen LogP contribution is 2.40. The summed E-state index contributed by atoms with van der Waals surface area (Å²) in [5.41, 5.74) is 0.585. The Balaban J connectivity index is 1.81. The van der Waals surface area contributed by atoms with Crippen LogP contribution in [0.1, 0.15) is 69.2 Å². The second-order valence-electron chi connectivity index (χ2n) is 8.31. The minimum absolute atomic E-state index is 0.0270. The average Bonchev–Trinajstić information content (AvgIpc) is 3.34. The Morgan fingerprint density at radius 2 is 1.53 bits per heavy atom. The summed E-state index contributed by atoms with van der Waals surface area (Å²) in [5.74, 6) is 0. The highest BCUT2D eigenvalue weighted by Gasteiger charge is 2.25. The molecule has 2 aromatic carbocycles. The molecular formula is C26H32N2O4S2. The van der Waals surface area contributed by atoms with Crippen molar-refractivity contribution >= 4 is 27.5 Å². The molecule has 0 bridgehead atoms. The number of thioether (sulfide) groups is 1. The summed E-state index contributed by atoms with van der Waals surface area (Å²) >= 11 is 1.68. The van der Waals surface area contributed by atoms with Crippen molar-refractivity contribution in [2.24, 2.45) is 0 Å². The topological polar surface area (TPSA) is 82.2 Å². The standard InChI is InChI=1S/C26H32N2O4S2/c1-2-3-4-5-6-7-11-16-26(33-23-13-9-8-10-14-23)25-15-12-21-27(25)34(31,32)24-19-17-22(18-20-24)28(29)30/h8-10,12-15,17-21,26H,2-7,11,16H2,1H3/t26-/m1/s1. The maximum absolute atomic E-state index is 13.4. The summed E-state index contributed by atoms with van der Waals surface area (Å²) in [6.07, 6.45) is 10.8. The summed E-state index contributed by atoms with van der Waals surface area (Å²) in [5, 5.41) is 10.9. The van der Waals surface area contributed by atoms with Gasteiger partial charge < -0.3 is 0 Å². The Hall–Kier alpha value is -2.58. The normalized spacial score (nSPS) is 12.5. The average molecular weight is 501 g/mol. The van der Waals surface area contributed by atoms with Crippen LogP contribution in [0.25, 0.3) is 0 Å². The monoisotopic (exact) mass is 500 g/mol. The number of hydrogen-bond donors (Lipinski definition) is 0. The molecule has 0 spiro atoms. The molecule has 0 saturated carbocycles. The van der Waals surface area contributed by atoms with Gasteiger partial charge in [-0.2, -0.15) is 0 Å². The van der Waals surface area contributed by atoms with Crippen molar-refractivity contribution in [2.75, 3.05) is 0 Å². The Bertz CT molecular complexity index is 1140. The van der Waals surface area contributed by atoms with Gasteiger partial charge in [0.2, 0.25) is 0 Å². The quantitative estimate of drug-likeness (QED) is 0.0984. The van der Waals surface area contributed by atoms with Gasteiger partial charge in [0.15, 0.2) is 0 Å². The second-order valence-corrected chi connectivity index (χ2v) is 11.4. The number of benzene rings is 2. The predicted molar refractivity (Wildman–Crippen MR) is 138 cm³/mol. The summed E-state index contributed by atoms with van der Waals surface area (Å²) < 4.78 is 28.2. The lowest BCUT2D eigenvalue weighted by Crippen LogP contribution is -2.16. The van der Waals surface area contributed by atoms with Crippen LogP contribution < -0.4 is 0 Å². The third-order valence-corrected chi connectivity index (χ3v) is 8.79. The zero-order valence-electron chi connectivity index (χ0n) is 19.5. The number of non-ortho nitro benzene ring substituents is 1. The van der Waals surface area contributed by atoms with E-state index in [0.29, 0.717) is 0 Å². The molecule has 3 rings (SSSR count). The van der Waals surface area contributed by atoms with E-state index in [1.165, 1.54) is 60.3 Å². The van der Waals surface area contributed by atoms with E-state index in [4.69, 9.17) is 0 Å². The van der Waals surface area contributed by atoms with Gasteiger partial charge in [-0.25, -0.2) is 12.4 Å². The minimum Gasteiger partial charge on any atom is -0.258 e. The molecule has 182 valence electrons. The van der Waals surface area contributed by atoms with Gasteiger partial charge in [-0.1, -0.05) is 70.1 Å². The lowest BCUT2D eigenvalue weighted by atomic mass is 10.1. The highest BCUT2D eigenvalue weighted by atomic mass is 32.2. The zero-order chi connectivity index (χ0) is 24.4. The Morgan fingerprint density at radius 1 is 0.882 bits per heavy atom. The summed E-state index contributed by atoms with van der Waals surface area (Å²) in [6.45, 7) is 2.21. The first-order valence-corrected chi connectivity index (χ1v) is 14.1. The van der Waals surface area contributed by atoms with Crippen LogP contribution >= 0.6 is 11.8 Å². The van der Waals surface area contributed by atoms with Gasteiger partial charge in [0, 0.05) is 28.9 Å². The summed E-state index contributed by atoms with van der Waals surface area (Å²) in [6, 6.07) is 18.7.